The highest BCUT2D eigenvalue weighted by Gasteiger charge is 2.20. The number of nitro groups is 1. The number of piperidine rings is 1. The molecule has 1 fully saturated rings. The molecule has 0 aromatic heterocycles. The van der Waals surface area contributed by atoms with Gasteiger partial charge in [0.2, 0.25) is 0 Å². The molecule has 0 spiro atoms. The van der Waals surface area contributed by atoms with Crippen LogP contribution in [-0.2, 0) is 6.54 Å². The number of likely N-dealkylation sites (tertiary alicyclic amines) is 1. The van der Waals surface area contributed by atoms with Crippen molar-refractivity contribution in [3.05, 3.63) is 39.9 Å². The van der Waals surface area contributed by atoms with Crippen molar-refractivity contribution in [2.45, 2.75) is 25.4 Å². The highest BCUT2D eigenvalue weighted by molar-refractivity contribution is 5.64. The zero-order valence-electron chi connectivity index (χ0n) is 11.0. The summed E-state index contributed by atoms with van der Waals surface area (Å²) in [6, 6.07) is 6.57. The number of carboxylic acid groups (broad SMARTS) is 1. The van der Waals surface area contributed by atoms with E-state index in [1.54, 1.807) is 12.1 Å². The van der Waals surface area contributed by atoms with Crippen LogP contribution >= 0.6 is 0 Å². The molecule has 7 nitrogen and oxygen atoms in total. The predicted octanol–water partition coefficient (Wildman–Crippen LogP) is 1.83. The monoisotopic (exact) mass is 279 g/mol. The Bertz CT molecular complexity index is 481. The van der Waals surface area contributed by atoms with Gasteiger partial charge in [-0.15, -0.1) is 0 Å². The van der Waals surface area contributed by atoms with Crippen LogP contribution < -0.4 is 5.32 Å². The third-order valence-corrected chi connectivity index (χ3v) is 3.47. The number of nitrogens with one attached hydrogen (secondary N) is 1. The Hall–Kier alpha value is -2.15. The second-order valence-corrected chi connectivity index (χ2v) is 4.92. The fourth-order valence-electron chi connectivity index (χ4n) is 2.39. The maximum Gasteiger partial charge on any atom is 0.404 e. The predicted molar refractivity (Wildman–Crippen MR) is 72.6 cm³/mol. The minimum atomic E-state index is -0.973. The highest BCUT2D eigenvalue weighted by Crippen LogP contribution is 2.16. The molecule has 20 heavy (non-hydrogen) atoms. The molecule has 1 aliphatic heterocycles. The molecule has 0 atom stereocenters. The average molecular weight is 279 g/mol. The summed E-state index contributed by atoms with van der Waals surface area (Å²) in [5, 5.41) is 21.7. The Morgan fingerprint density at radius 2 is 1.95 bits per heavy atom. The molecule has 108 valence electrons. The minimum Gasteiger partial charge on any atom is -0.465 e. The highest BCUT2D eigenvalue weighted by atomic mass is 16.6. The number of nitrogens with zero attached hydrogens (tertiary/aromatic N) is 2. The number of carbonyl (C=O) groups is 1. The summed E-state index contributed by atoms with van der Waals surface area (Å²) in [6.07, 6.45) is 0.609. The summed E-state index contributed by atoms with van der Waals surface area (Å²) in [5.74, 6) is 0. The Labute approximate surface area is 116 Å². The second-order valence-electron chi connectivity index (χ2n) is 4.92. The molecule has 1 amide bonds. The van der Waals surface area contributed by atoms with Crippen LogP contribution in [0.5, 0.6) is 0 Å². The van der Waals surface area contributed by atoms with E-state index in [0.29, 0.717) is 0 Å². The first-order chi connectivity index (χ1) is 9.54. The van der Waals surface area contributed by atoms with Crippen molar-refractivity contribution in [2.24, 2.45) is 0 Å². The molecule has 0 radical (unpaired) electrons. The largest absolute Gasteiger partial charge is 0.465 e. The Balaban J connectivity index is 1.83. The first kappa shape index (κ1) is 14.3. The van der Waals surface area contributed by atoms with E-state index in [4.69, 9.17) is 5.11 Å². The van der Waals surface area contributed by atoms with Crippen LogP contribution in [0.3, 0.4) is 0 Å². The van der Waals surface area contributed by atoms with Crippen LogP contribution in [0, 0.1) is 10.1 Å². The molecule has 1 aromatic carbocycles. The average Bonchev–Trinajstić information content (AvgIpc) is 2.41. The summed E-state index contributed by atoms with van der Waals surface area (Å²) >= 11 is 0. The molecule has 0 saturated carbocycles. The smallest absolute Gasteiger partial charge is 0.404 e. The first-order valence-corrected chi connectivity index (χ1v) is 6.50. The van der Waals surface area contributed by atoms with E-state index in [0.717, 1.165) is 38.0 Å². The lowest BCUT2D eigenvalue weighted by molar-refractivity contribution is -0.384. The van der Waals surface area contributed by atoms with Crippen LogP contribution in [0.25, 0.3) is 0 Å². The van der Waals surface area contributed by atoms with E-state index in [2.05, 4.69) is 10.2 Å². The fraction of sp³-hybridized carbons (Fsp3) is 0.462. The van der Waals surface area contributed by atoms with E-state index in [1.165, 1.54) is 12.1 Å². The van der Waals surface area contributed by atoms with E-state index in [-0.39, 0.29) is 11.7 Å². The standard InChI is InChI=1S/C13H17N3O4/c17-13(18)14-11-5-7-15(8-6-11)9-10-1-3-12(4-2-10)16(19)20/h1-4,11,14H,5-9H2,(H,17,18). The molecule has 7 heteroatoms. The van der Waals surface area contributed by atoms with Gasteiger partial charge in [0.25, 0.3) is 5.69 Å². The van der Waals surface area contributed by atoms with Crippen LogP contribution in [-0.4, -0.2) is 40.2 Å². The molecule has 2 N–H and O–H groups in total. The normalized spacial score (nSPS) is 16.8. The molecule has 1 aromatic rings. The minimum absolute atomic E-state index is 0.0283. The Kier molecular flexibility index (Phi) is 4.52. The molecule has 1 aliphatic rings. The van der Waals surface area contributed by atoms with Gasteiger partial charge in [0.15, 0.2) is 0 Å². The topological polar surface area (TPSA) is 95.7 Å². The van der Waals surface area contributed by atoms with Gasteiger partial charge < -0.3 is 10.4 Å². The van der Waals surface area contributed by atoms with Crippen LogP contribution in [0.15, 0.2) is 24.3 Å². The van der Waals surface area contributed by atoms with Crippen molar-refractivity contribution in [2.75, 3.05) is 13.1 Å². The summed E-state index contributed by atoms with van der Waals surface area (Å²) in [7, 11) is 0. The first-order valence-electron chi connectivity index (χ1n) is 6.50. The molecule has 0 aliphatic carbocycles. The van der Waals surface area contributed by atoms with Crippen molar-refractivity contribution < 1.29 is 14.8 Å². The van der Waals surface area contributed by atoms with Gasteiger partial charge in [0, 0.05) is 37.8 Å². The number of nitro benzene ring substituents is 1. The zero-order valence-corrected chi connectivity index (χ0v) is 11.0. The lowest BCUT2D eigenvalue weighted by Gasteiger charge is -2.31. The molecule has 1 heterocycles. The number of hydrogen-bond acceptors (Lipinski definition) is 4. The number of hydrogen-bond donors (Lipinski definition) is 2. The van der Waals surface area contributed by atoms with Crippen molar-refractivity contribution in [3.8, 4) is 0 Å². The zero-order chi connectivity index (χ0) is 14.5. The SMILES string of the molecule is O=C(O)NC1CCN(Cc2ccc([N+](=O)[O-])cc2)CC1. The molecule has 1 saturated heterocycles. The van der Waals surface area contributed by atoms with Gasteiger partial charge in [-0.2, -0.15) is 0 Å². The van der Waals surface area contributed by atoms with Crippen LogP contribution in [0.1, 0.15) is 18.4 Å². The maximum atomic E-state index is 10.6. The fourth-order valence-corrected chi connectivity index (χ4v) is 2.39. The molecular weight excluding hydrogens is 262 g/mol. The van der Waals surface area contributed by atoms with Gasteiger partial charge in [-0.25, -0.2) is 4.79 Å². The number of non-ortho nitro benzene ring substituents is 1. The molecular formula is C13H17N3O4. The van der Waals surface area contributed by atoms with Gasteiger partial charge in [0.05, 0.1) is 4.92 Å². The lowest BCUT2D eigenvalue weighted by atomic mass is 10.0. The Morgan fingerprint density at radius 3 is 2.45 bits per heavy atom. The van der Waals surface area contributed by atoms with E-state index in [1.807, 2.05) is 0 Å². The number of rotatable bonds is 4. The number of benzene rings is 1. The van der Waals surface area contributed by atoms with Crippen molar-refractivity contribution in [1.29, 1.82) is 0 Å². The summed E-state index contributed by atoms with van der Waals surface area (Å²) in [6.45, 7) is 2.38. The van der Waals surface area contributed by atoms with Gasteiger partial charge in [-0.05, 0) is 18.4 Å². The van der Waals surface area contributed by atoms with Gasteiger partial charge in [-0.1, -0.05) is 12.1 Å². The summed E-state index contributed by atoms with van der Waals surface area (Å²) in [5.41, 5.74) is 1.12. The van der Waals surface area contributed by atoms with E-state index >= 15 is 0 Å². The molecule has 0 bridgehead atoms. The molecule has 2 rings (SSSR count). The van der Waals surface area contributed by atoms with Crippen molar-refractivity contribution >= 4 is 11.8 Å². The van der Waals surface area contributed by atoms with E-state index in [9.17, 15) is 14.9 Å². The maximum absolute atomic E-state index is 10.6. The lowest BCUT2D eigenvalue weighted by Crippen LogP contribution is -2.43. The number of amides is 1. The Morgan fingerprint density at radius 1 is 1.35 bits per heavy atom. The van der Waals surface area contributed by atoms with Crippen LogP contribution in [0.4, 0.5) is 10.5 Å². The summed E-state index contributed by atoms with van der Waals surface area (Å²) < 4.78 is 0. The second kappa shape index (κ2) is 6.33. The third kappa shape index (κ3) is 3.92. The van der Waals surface area contributed by atoms with Gasteiger partial charge in [-0.3, -0.25) is 15.0 Å². The van der Waals surface area contributed by atoms with Crippen molar-refractivity contribution in [1.82, 2.24) is 10.2 Å². The quantitative estimate of drug-likeness (QED) is 0.647. The van der Waals surface area contributed by atoms with Gasteiger partial charge in [0.1, 0.15) is 0 Å². The van der Waals surface area contributed by atoms with E-state index < -0.39 is 11.0 Å². The molecule has 0 unspecified atom stereocenters. The third-order valence-electron chi connectivity index (χ3n) is 3.47. The summed E-state index contributed by atoms with van der Waals surface area (Å²) in [4.78, 5) is 22.9. The van der Waals surface area contributed by atoms with Crippen LogP contribution in [0.2, 0.25) is 0 Å². The van der Waals surface area contributed by atoms with Crippen molar-refractivity contribution in [3.63, 3.8) is 0 Å². The van der Waals surface area contributed by atoms with Gasteiger partial charge >= 0.3 is 6.09 Å².